The molecule has 0 spiro atoms. The average molecular weight is 231 g/mol. The first-order valence-corrected chi connectivity index (χ1v) is 4.66. The topological polar surface area (TPSA) is 59.2 Å². The lowest BCUT2D eigenvalue weighted by Gasteiger charge is -2.06. The Labute approximate surface area is 90.2 Å². The Morgan fingerprint density at radius 3 is 2.69 bits per heavy atom. The molecule has 0 aliphatic carbocycles. The zero-order valence-electron chi connectivity index (χ0n) is 8.84. The molecule has 88 valence electrons. The minimum absolute atomic E-state index is 0.0491. The third-order valence-electron chi connectivity index (χ3n) is 2.01. The summed E-state index contributed by atoms with van der Waals surface area (Å²) >= 11 is 0. The van der Waals surface area contributed by atoms with Gasteiger partial charge in [0.05, 0.1) is 6.61 Å². The maximum Gasteiger partial charge on any atom is 0.343 e. The molecule has 0 saturated carbocycles. The van der Waals surface area contributed by atoms with Gasteiger partial charge in [-0.15, -0.1) is 0 Å². The number of aromatic amines is 1. The van der Waals surface area contributed by atoms with Gasteiger partial charge in [-0.3, -0.25) is 4.79 Å². The summed E-state index contributed by atoms with van der Waals surface area (Å²) in [6.07, 6.45) is -2.75. The number of nitrogens with one attached hydrogen (secondary N) is 1. The SMILES string of the molecule is CCOC(=O)c1cc(C(F)F)c(C)[nH]c1=O. The molecular weight excluding hydrogens is 220 g/mol. The van der Waals surface area contributed by atoms with Crippen LogP contribution in [0.1, 0.15) is 35.0 Å². The molecule has 6 heteroatoms. The maximum absolute atomic E-state index is 12.5. The van der Waals surface area contributed by atoms with Gasteiger partial charge in [-0.2, -0.15) is 0 Å². The fraction of sp³-hybridized carbons (Fsp3) is 0.400. The van der Waals surface area contributed by atoms with E-state index in [9.17, 15) is 18.4 Å². The van der Waals surface area contributed by atoms with Gasteiger partial charge in [-0.1, -0.05) is 0 Å². The van der Waals surface area contributed by atoms with Gasteiger partial charge < -0.3 is 9.72 Å². The number of hydrogen-bond donors (Lipinski definition) is 1. The maximum atomic E-state index is 12.5. The Morgan fingerprint density at radius 1 is 1.56 bits per heavy atom. The van der Waals surface area contributed by atoms with Crippen LogP contribution in [0.2, 0.25) is 0 Å². The van der Waals surface area contributed by atoms with Gasteiger partial charge in [0.15, 0.2) is 0 Å². The van der Waals surface area contributed by atoms with Gasteiger partial charge in [0.2, 0.25) is 0 Å². The molecule has 1 heterocycles. The smallest absolute Gasteiger partial charge is 0.343 e. The van der Waals surface area contributed by atoms with E-state index in [0.717, 1.165) is 6.07 Å². The highest BCUT2D eigenvalue weighted by Gasteiger charge is 2.18. The quantitative estimate of drug-likeness (QED) is 0.807. The largest absolute Gasteiger partial charge is 0.462 e. The molecule has 0 atom stereocenters. The molecule has 1 N–H and O–H groups in total. The molecule has 0 radical (unpaired) electrons. The van der Waals surface area contributed by atoms with Gasteiger partial charge >= 0.3 is 5.97 Å². The van der Waals surface area contributed by atoms with Crippen LogP contribution >= 0.6 is 0 Å². The zero-order chi connectivity index (χ0) is 12.3. The number of carbonyl (C=O) groups is 1. The molecule has 1 rings (SSSR count). The molecule has 1 aromatic rings. The second-order valence-corrected chi connectivity index (χ2v) is 3.11. The number of aryl methyl sites for hydroxylation is 1. The van der Waals surface area contributed by atoms with E-state index < -0.39 is 23.5 Å². The Morgan fingerprint density at radius 2 is 2.19 bits per heavy atom. The number of pyridine rings is 1. The standard InChI is InChI=1S/C10H11F2NO3/c1-3-16-10(15)7-4-6(8(11)12)5(2)13-9(7)14/h4,8H,3H2,1-2H3,(H,13,14). The molecule has 0 unspecified atom stereocenters. The molecule has 4 nitrogen and oxygen atoms in total. The second kappa shape index (κ2) is 4.87. The zero-order valence-corrected chi connectivity index (χ0v) is 8.84. The highest BCUT2D eigenvalue weighted by molar-refractivity contribution is 5.89. The highest BCUT2D eigenvalue weighted by Crippen LogP contribution is 2.20. The number of carbonyl (C=O) groups excluding carboxylic acids is 1. The van der Waals surface area contributed by atoms with Crippen molar-refractivity contribution < 1.29 is 18.3 Å². The van der Waals surface area contributed by atoms with Gasteiger partial charge in [-0.05, 0) is 19.9 Å². The minimum Gasteiger partial charge on any atom is -0.462 e. The van der Waals surface area contributed by atoms with Crippen LogP contribution in [0.3, 0.4) is 0 Å². The van der Waals surface area contributed by atoms with Gasteiger partial charge in [0.25, 0.3) is 12.0 Å². The van der Waals surface area contributed by atoms with Crippen molar-refractivity contribution in [1.29, 1.82) is 0 Å². The Bertz CT molecular complexity index is 454. The molecule has 0 aromatic carbocycles. The lowest BCUT2D eigenvalue weighted by atomic mass is 10.1. The lowest BCUT2D eigenvalue weighted by Crippen LogP contribution is -2.21. The van der Waals surface area contributed by atoms with Crippen LogP contribution in [0.5, 0.6) is 0 Å². The lowest BCUT2D eigenvalue weighted by molar-refractivity contribution is 0.0523. The van der Waals surface area contributed by atoms with Crippen LogP contribution < -0.4 is 5.56 Å². The predicted octanol–water partition coefficient (Wildman–Crippen LogP) is 1.80. The van der Waals surface area contributed by atoms with Crippen molar-refractivity contribution in [1.82, 2.24) is 4.98 Å². The minimum atomic E-state index is -2.75. The van der Waals surface area contributed by atoms with Crippen molar-refractivity contribution in [3.63, 3.8) is 0 Å². The fourth-order valence-electron chi connectivity index (χ4n) is 1.23. The van der Waals surface area contributed by atoms with Crippen LogP contribution in [0.4, 0.5) is 8.78 Å². The molecule has 0 amide bonds. The van der Waals surface area contributed by atoms with Crippen molar-refractivity contribution in [2.45, 2.75) is 20.3 Å². The van der Waals surface area contributed by atoms with Crippen LogP contribution in [-0.2, 0) is 4.74 Å². The Balaban J connectivity index is 3.25. The third-order valence-corrected chi connectivity index (χ3v) is 2.01. The summed E-state index contributed by atoms with van der Waals surface area (Å²) in [4.78, 5) is 24.8. The first kappa shape index (κ1) is 12.4. The second-order valence-electron chi connectivity index (χ2n) is 3.11. The molecule has 0 fully saturated rings. The van der Waals surface area contributed by atoms with Gasteiger partial charge in [0, 0.05) is 11.3 Å². The molecule has 0 aliphatic rings. The van der Waals surface area contributed by atoms with E-state index in [2.05, 4.69) is 9.72 Å². The normalized spacial score (nSPS) is 10.6. The number of alkyl halides is 2. The van der Waals surface area contributed by atoms with E-state index in [4.69, 9.17) is 0 Å². The van der Waals surface area contributed by atoms with E-state index in [1.807, 2.05) is 0 Å². The number of H-pyrrole nitrogens is 1. The monoisotopic (exact) mass is 231 g/mol. The molecule has 0 bridgehead atoms. The number of esters is 1. The molecular formula is C10H11F2NO3. The van der Waals surface area contributed by atoms with E-state index in [1.54, 1.807) is 6.92 Å². The van der Waals surface area contributed by atoms with Gasteiger partial charge in [0.1, 0.15) is 5.56 Å². The average Bonchev–Trinajstić information content (AvgIpc) is 2.17. The van der Waals surface area contributed by atoms with E-state index in [-0.39, 0.29) is 17.9 Å². The number of ether oxygens (including phenoxy) is 1. The van der Waals surface area contributed by atoms with Crippen LogP contribution in [0, 0.1) is 6.92 Å². The third kappa shape index (κ3) is 2.44. The predicted molar refractivity (Wildman–Crippen MR) is 52.7 cm³/mol. The summed E-state index contributed by atoms with van der Waals surface area (Å²) in [5, 5.41) is 0. The summed E-state index contributed by atoms with van der Waals surface area (Å²) in [5.74, 6) is -0.898. The van der Waals surface area contributed by atoms with Crippen LogP contribution in [0.25, 0.3) is 0 Å². The van der Waals surface area contributed by atoms with Crippen molar-refractivity contribution in [3.8, 4) is 0 Å². The molecule has 0 aliphatic heterocycles. The van der Waals surface area contributed by atoms with Crippen molar-refractivity contribution in [3.05, 3.63) is 33.2 Å². The first-order valence-electron chi connectivity index (χ1n) is 4.66. The summed E-state index contributed by atoms with van der Waals surface area (Å²) in [6, 6.07) is 0.872. The molecule has 1 aromatic heterocycles. The summed E-state index contributed by atoms with van der Waals surface area (Å²) in [5.41, 5.74) is -1.45. The summed E-state index contributed by atoms with van der Waals surface area (Å²) in [6.45, 7) is 2.99. The fourth-order valence-corrected chi connectivity index (χ4v) is 1.23. The highest BCUT2D eigenvalue weighted by atomic mass is 19.3. The summed E-state index contributed by atoms with van der Waals surface area (Å²) in [7, 11) is 0. The number of aromatic nitrogens is 1. The van der Waals surface area contributed by atoms with Crippen LogP contribution in [0.15, 0.2) is 10.9 Å². The van der Waals surface area contributed by atoms with Crippen molar-refractivity contribution >= 4 is 5.97 Å². The van der Waals surface area contributed by atoms with Crippen molar-refractivity contribution in [2.24, 2.45) is 0 Å². The number of hydrogen-bond acceptors (Lipinski definition) is 3. The molecule has 16 heavy (non-hydrogen) atoms. The van der Waals surface area contributed by atoms with Crippen molar-refractivity contribution in [2.75, 3.05) is 6.61 Å². The summed E-state index contributed by atoms with van der Waals surface area (Å²) < 4.78 is 29.6. The first-order chi connectivity index (χ1) is 7.47. The van der Waals surface area contributed by atoms with E-state index in [1.165, 1.54) is 6.92 Å². The molecule has 0 saturated heterocycles. The number of halogens is 2. The Kier molecular flexibility index (Phi) is 3.76. The van der Waals surface area contributed by atoms with Crippen LogP contribution in [-0.4, -0.2) is 17.6 Å². The number of rotatable bonds is 3. The van der Waals surface area contributed by atoms with Gasteiger partial charge in [-0.25, -0.2) is 13.6 Å². The van der Waals surface area contributed by atoms with E-state index in [0.29, 0.717) is 0 Å². The Hall–Kier alpha value is -1.72. The van der Waals surface area contributed by atoms with E-state index >= 15 is 0 Å².